The van der Waals surface area contributed by atoms with Crippen LogP contribution in [0, 0.1) is 10.1 Å². The summed E-state index contributed by atoms with van der Waals surface area (Å²) in [5, 5.41) is 10.7. The van der Waals surface area contributed by atoms with Gasteiger partial charge in [-0.1, -0.05) is 6.07 Å². The second kappa shape index (κ2) is 7.40. The summed E-state index contributed by atoms with van der Waals surface area (Å²) < 4.78 is 5.96. The number of likely N-dealkylation sites (tertiary alicyclic amines) is 1. The molecule has 2 aromatic rings. The standard InChI is InChI=1S/C18H21N3O3/c1-14(15-3-2-10-19-13-15)20-11-8-18(9-12-20)24-17-6-4-16(5-7-17)21(22)23/h2-7,10,13-14,18H,8-9,11-12H2,1H3/t14-/m1/s1. The number of non-ortho nitro benzene ring substituents is 1. The molecule has 1 atom stereocenters. The van der Waals surface area contributed by atoms with Gasteiger partial charge in [-0.15, -0.1) is 0 Å². The number of nitro groups is 1. The first-order chi connectivity index (χ1) is 11.6. The van der Waals surface area contributed by atoms with Gasteiger partial charge in [0, 0.05) is 43.7 Å². The molecule has 0 N–H and O–H groups in total. The number of piperidine rings is 1. The Bertz CT molecular complexity index is 668. The van der Waals surface area contributed by atoms with Gasteiger partial charge in [0.2, 0.25) is 0 Å². The van der Waals surface area contributed by atoms with Crippen LogP contribution >= 0.6 is 0 Å². The minimum Gasteiger partial charge on any atom is -0.490 e. The molecule has 0 radical (unpaired) electrons. The van der Waals surface area contributed by atoms with E-state index >= 15 is 0 Å². The largest absolute Gasteiger partial charge is 0.490 e. The second-order valence-electron chi connectivity index (χ2n) is 6.07. The minimum absolute atomic E-state index is 0.0856. The van der Waals surface area contributed by atoms with Crippen molar-refractivity contribution in [3.63, 3.8) is 0 Å². The SMILES string of the molecule is C[C@H](c1cccnc1)N1CCC(Oc2ccc([N+](=O)[O-])cc2)CC1. The molecular weight excluding hydrogens is 306 g/mol. The summed E-state index contributed by atoms with van der Waals surface area (Å²) >= 11 is 0. The zero-order chi connectivity index (χ0) is 16.9. The molecule has 1 aromatic heterocycles. The van der Waals surface area contributed by atoms with Crippen molar-refractivity contribution in [1.82, 2.24) is 9.88 Å². The molecule has 0 bridgehead atoms. The van der Waals surface area contributed by atoms with Crippen LogP contribution in [0.25, 0.3) is 0 Å². The Hall–Kier alpha value is -2.47. The Morgan fingerprint density at radius 3 is 2.54 bits per heavy atom. The number of pyridine rings is 1. The van der Waals surface area contributed by atoms with Gasteiger partial charge in [0.05, 0.1) is 4.92 Å². The molecule has 6 nitrogen and oxygen atoms in total. The molecule has 0 unspecified atom stereocenters. The van der Waals surface area contributed by atoms with Crippen LogP contribution in [-0.4, -0.2) is 34.0 Å². The van der Waals surface area contributed by atoms with Crippen molar-refractivity contribution in [1.29, 1.82) is 0 Å². The number of nitro benzene ring substituents is 1. The van der Waals surface area contributed by atoms with Crippen LogP contribution < -0.4 is 4.74 Å². The van der Waals surface area contributed by atoms with Crippen molar-refractivity contribution < 1.29 is 9.66 Å². The van der Waals surface area contributed by atoms with Crippen LogP contribution in [0.4, 0.5) is 5.69 Å². The van der Waals surface area contributed by atoms with Crippen molar-refractivity contribution in [2.24, 2.45) is 0 Å². The lowest BCUT2D eigenvalue weighted by molar-refractivity contribution is -0.384. The van der Waals surface area contributed by atoms with Crippen LogP contribution in [0.2, 0.25) is 0 Å². The third-order valence-corrected chi connectivity index (χ3v) is 4.54. The number of rotatable bonds is 5. The number of aromatic nitrogens is 1. The minimum atomic E-state index is -0.401. The molecule has 3 rings (SSSR count). The van der Waals surface area contributed by atoms with Crippen LogP contribution in [0.3, 0.4) is 0 Å². The fourth-order valence-corrected chi connectivity index (χ4v) is 3.05. The molecule has 6 heteroatoms. The highest BCUT2D eigenvalue weighted by atomic mass is 16.6. The number of hydrogen-bond acceptors (Lipinski definition) is 5. The Morgan fingerprint density at radius 2 is 1.96 bits per heavy atom. The smallest absolute Gasteiger partial charge is 0.269 e. The molecule has 0 saturated carbocycles. The summed E-state index contributed by atoms with van der Waals surface area (Å²) in [4.78, 5) is 16.9. The molecule has 0 aliphatic carbocycles. The quantitative estimate of drug-likeness (QED) is 0.620. The van der Waals surface area contributed by atoms with Gasteiger partial charge in [0.1, 0.15) is 11.9 Å². The average Bonchev–Trinajstić information content (AvgIpc) is 2.63. The molecule has 1 aliphatic rings. The van der Waals surface area contributed by atoms with Gasteiger partial charge in [0.15, 0.2) is 0 Å². The first-order valence-corrected chi connectivity index (χ1v) is 8.18. The maximum absolute atomic E-state index is 10.7. The lowest BCUT2D eigenvalue weighted by Crippen LogP contribution is -2.39. The van der Waals surface area contributed by atoms with E-state index in [0.717, 1.165) is 25.9 Å². The van der Waals surface area contributed by atoms with E-state index in [1.807, 2.05) is 12.3 Å². The molecule has 2 heterocycles. The summed E-state index contributed by atoms with van der Waals surface area (Å²) in [6.07, 6.45) is 5.76. The van der Waals surface area contributed by atoms with Crippen molar-refractivity contribution in [3.8, 4) is 5.75 Å². The van der Waals surface area contributed by atoms with Gasteiger partial charge in [-0.05, 0) is 43.5 Å². The zero-order valence-electron chi connectivity index (χ0n) is 13.7. The lowest BCUT2D eigenvalue weighted by Gasteiger charge is -2.36. The lowest BCUT2D eigenvalue weighted by atomic mass is 10.0. The Labute approximate surface area is 141 Å². The normalized spacial score (nSPS) is 17.4. The van der Waals surface area contributed by atoms with Crippen molar-refractivity contribution >= 4 is 5.69 Å². The van der Waals surface area contributed by atoms with Crippen LogP contribution in [0.1, 0.15) is 31.4 Å². The van der Waals surface area contributed by atoms with Crippen molar-refractivity contribution in [3.05, 3.63) is 64.5 Å². The van der Waals surface area contributed by atoms with Crippen LogP contribution in [0.15, 0.2) is 48.8 Å². The fraction of sp³-hybridized carbons (Fsp3) is 0.389. The maximum Gasteiger partial charge on any atom is 0.269 e. The van der Waals surface area contributed by atoms with E-state index in [4.69, 9.17) is 4.74 Å². The van der Waals surface area contributed by atoms with Gasteiger partial charge < -0.3 is 4.74 Å². The second-order valence-corrected chi connectivity index (χ2v) is 6.07. The molecule has 1 saturated heterocycles. The molecule has 126 valence electrons. The van der Waals surface area contributed by atoms with Crippen LogP contribution in [0.5, 0.6) is 5.75 Å². The molecule has 0 spiro atoms. The number of benzene rings is 1. The first kappa shape index (κ1) is 16.4. The highest BCUT2D eigenvalue weighted by Crippen LogP contribution is 2.26. The average molecular weight is 327 g/mol. The van der Waals surface area contributed by atoms with Gasteiger partial charge in [-0.2, -0.15) is 0 Å². The summed E-state index contributed by atoms with van der Waals surface area (Å²) in [6.45, 7) is 4.13. The summed E-state index contributed by atoms with van der Waals surface area (Å²) in [5.74, 6) is 0.694. The summed E-state index contributed by atoms with van der Waals surface area (Å²) in [5.41, 5.74) is 1.31. The third kappa shape index (κ3) is 3.89. The summed E-state index contributed by atoms with van der Waals surface area (Å²) in [6, 6.07) is 10.7. The van der Waals surface area contributed by atoms with Gasteiger partial charge in [0.25, 0.3) is 5.69 Å². The summed E-state index contributed by atoms with van der Waals surface area (Å²) in [7, 11) is 0. The molecule has 24 heavy (non-hydrogen) atoms. The monoisotopic (exact) mass is 327 g/mol. The number of ether oxygens (including phenoxy) is 1. The molecule has 0 amide bonds. The van der Waals surface area contributed by atoms with Crippen molar-refractivity contribution in [2.45, 2.75) is 31.9 Å². The predicted molar refractivity (Wildman–Crippen MR) is 91.0 cm³/mol. The molecule has 1 fully saturated rings. The van der Waals surface area contributed by atoms with E-state index in [1.54, 1.807) is 18.3 Å². The Morgan fingerprint density at radius 1 is 1.25 bits per heavy atom. The topological polar surface area (TPSA) is 68.5 Å². The van der Waals surface area contributed by atoms with E-state index in [-0.39, 0.29) is 11.8 Å². The van der Waals surface area contributed by atoms with E-state index in [9.17, 15) is 10.1 Å². The van der Waals surface area contributed by atoms with Gasteiger partial charge >= 0.3 is 0 Å². The number of nitrogens with zero attached hydrogens (tertiary/aromatic N) is 3. The Balaban J connectivity index is 1.52. The van der Waals surface area contributed by atoms with E-state index in [2.05, 4.69) is 22.9 Å². The number of hydrogen-bond donors (Lipinski definition) is 0. The Kier molecular flexibility index (Phi) is 5.05. The van der Waals surface area contributed by atoms with Gasteiger partial charge in [-0.3, -0.25) is 20.0 Å². The van der Waals surface area contributed by atoms with E-state index < -0.39 is 4.92 Å². The van der Waals surface area contributed by atoms with Crippen molar-refractivity contribution in [2.75, 3.05) is 13.1 Å². The molecule has 1 aliphatic heterocycles. The maximum atomic E-state index is 10.7. The predicted octanol–water partition coefficient (Wildman–Crippen LogP) is 3.59. The molecular formula is C18H21N3O3. The fourth-order valence-electron chi connectivity index (χ4n) is 3.05. The van der Waals surface area contributed by atoms with Crippen LogP contribution in [-0.2, 0) is 0 Å². The van der Waals surface area contributed by atoms with Gasteiger partial charge in [-0.25, -0.2) is 0 Å². The van der Waals surface area contributed by atoms with E-state index in [0.29, 0.717) is 11.8 Å². The zero-order valence-corrected chi connectivity index (χ0v) is 13.7. The highest BCUT2D eigenvalue weighted by Gasteiger charge is 2.24. The highest BCUT2D eigenvalue weighted by molar-refractivity contribution is 5.36. The third-order valence-electron chi connectivity index (χ3n) is 4.54. The first-order valence-electron chi connectivity index (χ1n) is 8.18. The van der Waals surface area contributed by atoms with E-state index in [1.165, 1.54) is 17.7 Å². The molecule has 1 aromatic carbocycles.